The van der Waals surface area contributed by atoms with Crippen LogP contribution in [0.4, 0.5) is 0 Å². The molecule has 0 unspecified atom stereocenters. The van der Waals surface area contributed by atoms with E-state index in [1.54, 1.807) is 6.20 Å². The van der Waals surface area contributed by atoms with Gasteiger partial charge >= 0.3 is 0 Å². The normalized spacial score (nSPS) is 13.0. The molecule has 0 N–H and O–H groups in total. The Balaban J connectivity index is 1.29. The number of pyridine rings is 1. The van der Waals surface area contributed by atoms with Crippen LogP contribution in [-0.4, -0.2) is 4.98 Å². The van der Waals surface area contributed by atoms with Crippen molar-refractivity contribution in [2.24, 2.45) is 0 Å². The molecule has 1 heterocycles. The fourth-order valence-electron chi connectivity index (χ4n) is 8.57. The van der Waals surface area contributed by atoms with Crippen molar-refractivity contribution in [3.63, 3.8) is 0 Å². The van der Waals surface area contributed by atoms with Crippen molar-refractivity contribution in [3.8, 4) is 61.7 Å². The molecule has 10 rings (SSSR count). The second kappa shape index (κ2) is 10.5. The predicted molar refractivity (Wildman–Crippen MR) is 199 cm³/mol. The van der Waals surface area contributed by atoms with E-state index in [-0.39, 0.29) is 0 Å². The standard InChI is InChI=1S/C47H28N2/c48-27-30-23-35(29-49-28-30)33-14-10-13-32(24-33)34-21-22-40-44(25-34)47(42-19-8-6-16-37(42)38-17-7-9-20-43(38)47)45-26-41(31-11-2-1-3-12-31)36-15-4-5-18-39(36)46(40)45/h1-26,28-29H. The summed E-state index contributed by atoms with van der Waals surface area (Å²) in [6.45, 7) is 0. The van der Waals surface area contributed by atoms with Crippen molar-refractivity contribution in [1.29, 1.82) is 5.26 Å². The fraction of sp³-hybridized carbons (Fsp3) is 0.0213. The molecule has 2 nitrogen and oxygen atoms in total. The van der Waals surface area contributed by atoms with E-state index in [1.165, 1.54) is 66.4 Å². The van der Waals surface area contributed by atoms with Gasteiger partial charge < -0.3 is 0 Å². The third-order valence-electron chi connectivity index (χ3n) is 10.6. The number of nitriles is 1. The van der Waals surface area contributed by atoms with E-state index in [9.17, 15) is 5.26 Å². The van der Waals surface area contributed by atoms with E-state index in [2.05, 4.69) is 163 Å². The van der Waals surface area contributed by atoms with Crippen molar-refractivity contribution in [2.45, 2.75) is 5.41 Å². The van der Waals surface area contributed by atoms with Crippen molar-refractivity contribution in [1.82, 2.24) is 4.98 Å². The number of fused-ring (bicyclic) bond motifs is 12. The summed E-state index contributed by atoms with van der Waals surface area (Å²) in [5.74, 6) is 0. The fourth-order valence-corrected chi connectivity index (χ4v) is 8.57. The Morgan fingerprint density at radius 2 is 1.04 bits per heavy atom. The van der Waals surface area contributed by atoms with Gasteiger partial charge in [0.1, 0.15) is 6.07 Å². The number of aromatic nitrogens is 1. The van der Waals surface area contributed by atoms with Crippen LogP contribution in [-0.2, 0) is 5.41 Å². The SMILES string of the molecule is N#Cc1cncc(-c2cccc(-c3ccc4c(c3)C3(c5ccccc5-c5ccccc53)c3cc(-c5ccccc5)c5ccccc5c3-4)c2)c1. The maximum absolute atomic E-state index is 9.50. The molecule has 0 radical (unpaired) electrons. The highest BCUT2D eigenvalue weighted by Crippen LogP contribution is 2.64. The molecule has 2 heteroatoms. The first-order valence-corrected chi connectivity index (χ1v) is 16.7. The van der Waals surface area contributed by atoms with Gasteiger partial charge in [-0.05, 0) is 107 Å². The molecule has 226 valence electrons. The molecule has 0 saturated heterocycles. The smallest absolute Gasteiger partial charge is 0.101 e. The topological polar surface area (TPSA) is 36.7 Å². The molecule has 1 spiro atoms. The second-order valence-corrected chi connectivity index (χ2v) is 13.0. The van der Waals surface area contributed by atoms with Gasteiger partial charge in [-0.2, -0.15) is 5.26 Å². The molecular weight excluding hydrogens is 593 g/mol. The predicted octanol–water partition coefficient (Wildman–Crippen LogP) is 11.5. The first kappa shape index (κ1) is 27.5. The minimum atomic E-state index is -0.482. The van der Waals surface area contributed by atoms with Crippen LogP contribution >= 0.6 is 0 Å². The van der Waals surface area contributed by atoms with Crippen LogP contribution in [0, 0.1) is 11.3 Å². The number of hydrogen-bond donors (Lipinski definition) is 0. The van der Waals surface area contributed by atoms with E-state index >= 15 is 0 Å². The summed E-state index contributed by atoms with van der Waals surface area (Å²) in [4.78, 5) is 4.33. The van der Waals surface area contributed by atoms with Crippen LogP contribution < -0.4 is 0 Å². The molecular formula is C47H28N2. The van der Waals surface area contributed by atoms with Gasteiger partial charge in [0.05, 0.1) is 11.0 Å². The molecule has 1 aromatic heterocycles. The van der Waals surface area contributed by atoms with Crippen molar-refractivity contribution in [3.05, 3.63) is 198 Å². The molecule has 2 aliphatic rings. The van der Waals surface area contributed by atoms with Crippen molar-refractivity contribution >= 4 is 10.8 Å². The molecule has 0 fully saturated rings. The summed E-state index contributed by atoms with van der Waals surface area (Å²) >= 11 is 0. The van der Waals surface area contributed by atoms with Gasteiger partial charge in [0.2, 0.25) is 0 Å². The van der Waals surface area contributed by atoms with Crippen LogP contribution in [0.5, 0.6) is 0 Å². The van der Waals surface area contributed by atoms with Gasteiger partial charge in [-0.15, -0.1) is 0 Å². The van der Waals surface area contributed by atoms with E-state index in [0.29, 0.717) is 5.56 Å². The number of rotatable bonds is 3. The highest BCUT2D eigenvalue weighted by atomic mass is 14.6. The van der Waals surface area contributed by atoms with E-state index in [1.807, 2.05) is 12.3 Å². The zero-order valence-corrected chi connectivity index (χ0v) is 26.6. The zero-order valence-electron chi connectivity index (χ0n) is 26.6. The highest BCUT2D eigenvalue weighted by molar-refractivity contribution is 6.11. The summed E-state index contributed by atoms with van der Waals surface area (Å²) in [5.41, 5.74) is 17.3. The van der Waals surface area contributed by atoms with Gasteiger partial charge in [-0.1, -0.05) is 133 Å². The average molecular weight is 621 g/mol. The highest BCUT2D eigenvalue weighted by Gasteiger charge is 2.52. The van der Waals surface area contributed by atoms with Crippen molar-refractivity contribution in [2.75, 3.05) is 0 Å². The molecule has 0 aliphatic heterocycles. The Morgan fingerprint density at radius 3 is 1.80 bits per heavy atom. The van der Waals surface area contributed by atoms with Gasteiger partial charge in [0.25, 0.3) is 0 Å². The van der Waals surface area contributed by atoms with Gasteiger partial charge in [0, 0.05) is 18.0 Å². The Hall–Kier alpha value is -6.56. The minimum absolute atomic E-state index is 0.482. The maximum Gasteiger partial charge on any atom is 0.101 e. The lowest BCUT2D eigenvalue weighted by atomic mass is 9.69. The first-order chi connectivity index (χ1) is 24.3. The second-order valence-electron chi connectivity index (χ2n) is 13.0. The average Bonchev–Trinajstić information content (AvgIpc) is 3.65. The van der Waals surface area contributed by atoms with Gasteiger partial charge in [-0.25, -0.2) is 0 Å². The third-order valence-corrected chi connectivity index (χ3v) is 10.6. The van der Waals surface area contributed by atoms with E-state index in [4.69, 9.17) is 0 Å². The molecule has 0 saturated carbocycles. The molecule has 0 amide bonds. The Kier molecular flexibility index (Phi) is 5.89. The number of hydrogen-bond acceptors (Lipinski definition) is 2. The Labute approximate surface area is 285 Å². The number of nitrogens with zero attached hydrogens (tertiary/aromatic N) is 2. The molecule has 2 aliphatic carbocycles. The summed E-state index contributed by atoms with van der Waals surface area (Å²) in [6.07, 6.45) is 3.44. The Morgan fingerprint density at radius 1 is 0.408 bits per heavy atom. The van der Waals surface area contributed by atoms with Crippen molar-refractivity contribution < 1.29 is 0 Å². The van der Waals surface area contributed by atoms with Crippen LogP contribution in [0.25, 0.3) is 66.4 Å². The lowest BCUT2D eigenvalue weighted by molar-refractivity contribution is 0.795. The zero-order chi connectivity index (χ0) is 32.5. The summed E-state index contributed by atoms with van der Waals surface area (Å²) in [7, 11) is 0. The quantitative estimate of drug-likeness (QED) is 0.197. The van der Waals surface area contributed by atoms with Crippen LogP contribution in [0.3, 0.4) is 0 Å². The van der Waals surface area contributed by atoms with E-state index < -0.39 is 5.41 Å². The summed E-state index contributed by atoms with van der Waals surface area (Å²) in [6, 6.07) is 60.0. The first-order valence-electron chi connectivity index (χ1n) is 16.7. The monoisotopic (exact) mass is 620 g/mol. The molecule has 8 aromatic rings. The molecule has 0 bridgehead atoms. The lowest BCUT2D eigenvalue weighted by Gasteiger charge is -2.31. The number of benzene rings is 7. The van der Waals surface area contributed by atoms with Crippen LogP contribution in [0.15, 0.2) is 170 Å². The molecule has 0 atom stereocenters. The van der Waals surface area contributed by atoms with Gasteiger partial charge in [-0.3, -0.25) is 4.98 Å². The molecule has 7 aromatic carbocycles. The van der Waals surface area contributed by atoms with Crippen LogP contribution in [0.1, 0.15) is 27.8 Å². The maximum atomic E-state index is 9.50. The van der Waals surface area contributed by atoms with Gasteiger partial charge in [0.15, 0.2) is 0 Å². The largest absolute Gasteiger partial charge is 0.263 e. The van der Waals surface area contributed by atoms with E-state index in [0.717, 1.165) is 22.3 Å². The molecule has 49 heavy (non-hydrogen) atoms. The minimum Gasteiger partial charge on any atom is -0.263 e. The van der Waals surface area contributed by atoms with Crippen LogP contribution in [0.2, 0.25) is 0 Å². The summed E-state index contributed by atoms with van der Waals surface area (Å²) < 4.78 is 0. The summed E-state index contributed by atoms with van der Waals surface area (Å²) in [5, 5.41) is 12.0. The lowest BCUT2D eigenvalue weighted by Crippen LogP contribution is -2.26. The Bertz CT molecular complexity index is 2630. The third kappa shape index (κ3) is 3.85.